The van der Waals surface area contributed by atoms with Gasteiger partial charge in [0.15, 0.2) is 0 Å². The Kier molecular flexibility index (Phi) is 4.94. The molecule has 0 aliphatic carbocycles. The molecule has 0 unspecified atom stereocenters. The minimum absolute atomic E-state index is 0.00136. The number of carbonyl (C=O) groups excluding carboxylic acids is 2. The van der Waals surface area contributed by atoms with E-state index in [1.807, 2.05) is 18.2 Å². The van der Waals surface area contributed by atoms with Gasteiger partial charge in [0.1, 0.15) is 0 Å². The number of carbonyl (C=O) groups is 2. The Hall–Kier alpha value is -2.21. The molecule has 0 spiro atoms. The van der Waals surface area contributed by atoms with Gasteiger partial charge in [0.2, 0.25) is 0 Å². The second kappa shape index (κ2) is 7.13. The summed E-state index contributed by atoms with van der Waals surface area (Å²) in [6, 6.07) is 13.9. The third-order valence-corrected chi connectivity index (χ3v) is 4.17. The molecule has 0 aromatic heterocycles. The molecule has 0 saturated heterocycles. The quantitative estimate of drug-likeness (QED) is 0.817. The highest BCUT2D eigenvalue weighted by Gasteiger charge is 2.36. The van der Waals surface area contributed by atoms with E-state index >= 15 is 0 Å². The fourth-order valence-electron chi connectivity index (χ4n) is 2.59. The molecule has 3 rings (SSSR count). The van der Waals surface area contributed by atoms with Crippen LogP contribution in [0.15, 0.2) is 48.5 Å². The van der Waals surface area contributed by atoms with Crippen molar-refractivity contribution in [3.63, 3.8) is 0 Å². The number of benzene rings is 2. The highest BCUT2D eigenvalue weighted by atomic mass is 35.5. The summed E-state index contributed by atoms with van der Waals surface area (Å²) in [6.07, 6.45) is -0.963. The van der Waals surface area contributed by atoms with Crippen molar-refractivity contribution in [3.8, 4) is 0 Å². The summed E-state index contributed by atoms with van der Waals surface area (Å²) in [7, 11) is 0. The van der Waals surface area contributed by atoms with Crippen molar-refractivity contribution in [3.05, 3.63) is 70.2 Å². The fraction of sp³-hybridized carbons (Fsp3) is 0.222. The van der Waals surface area contributed by atoms with Crippen LogP contribution in [0.2, 0.25) is 5.02 Å². The molecule has 0 bridgehead atoms. The standard InChI is InChI=1S/C18H16ClNO4/c19-16-8-4-1-5-12(16)10-24-11-13(21)9-20-17(22)14-6-2-3-7-15(14)18(20)23/h1-8,13,21H,9-11H2/t13-/m1/s1. The summed E-state index contributed by atoms with van der Waals surface area (Å²) < 4.78 is 5.44. The van der Waals surface area contributed by atoms with Gasteiger partial charge in [-0.15, -0.1) is 0 Å². The number of nitrogens with zero attached hydrogens (tertiary/aromatic N) is 1. The molecule has 6 heteroatoms. The Balaban J connectivity index is 1.54. The lowest BCUT2D eigenvalue weighted by atomic mass is 10.1. The van der Waals surface area contributed by atoms with Gasteiger partial charge in [0, 0.05) is 5.02 Å². The number of aliphatic hydroxyl groups excluding tert-OH is 1. The van der Waals surface area contributed by atoms with Crippen LogP contribution in [0, 0.1) is 0 Å². The number of ether oxygens (including phenoxy) is 1. The maximum absolute atomic E-state index is 12.2. The van der Waals surface area contributed by atoms with Crippen LogP contribution < -0.4 is 0 Å². The summed E-state index contributed by atoms with van der Waals surface area (Å²) in [4.78, 5) is 25.5. The van der Waals surface area contributed by atoms with Crippen LogP contribution in [0.5, 0.6) is 0 Å². The minimum atomic E-state index is -0.963. The minimum Gasteiger partial charge on any atom is -0.389 e. The molecule has 2 amide bonds. The average Bonchev–Trinajstić information content (AvgIpc) is 2.82. The van der Waals surface area contributed by atoms with Crippen LogP contribution in [0.25, 0.3) is 0 Å². The molecule has 1 atom stereocenters. The van der Waals surface area contributed by atoms with Gasteiger partial charge in [-0.05, 0) is 23.8 Å². The molecule has 1 aliphatic heterocycles. The van der Waals surface area contributed by atoms with Crippen LogP contribution in [0.1, 0.15) is 26.3 Å². The lowest BCUT2D eigenvalue weighted by Gasteiger charge is -2.18. The van der Waals surface area contributed by atoms with Crippen molar-refractivity contribution in [2.45, 2.75) is 12.7 Å². The first-order valence-corrected chi connectivity index (χ1v) is 7.90. The maximum Gasteiger partial charge on any atom is 0.261 e. The van der Waals surface area contributed by atoms with Gasteiger partial charge in [-0.3, -0.25) is 14.5 Å². The molecule has 0 fully saturated rings. The molecule has 2 aromatic rings. The summed E-state index contributed by atoms with van der Waals surface area (Å²) in [6.45, 7) is 0.145. The zero-order valence-electron chi connectivity index (χ0n) is 12.8. The Morgan fingerprint density at radius 3 is 2.21 bits per heavy atom. The van der Waals surface area contributed by atoms with E-state index in [0.717, 1.165) is 10.5 Å². The second-order valence-electron chi connectivity index (χ2n) is 5.53. The molecular formula is C18H16ClNO4. The summed E-state index contributed by atoms with van der Waals surface area (Å²) in [5, 5.41) is 10.7. The number of halogens is 1. The number of hydrogen-bond acceptors (Lipinski definition) is 4. The van der Waals surface area contributed by atoms with Crippen molar-refractivity contribution >= 4 is 23.4 Å². The van der Waals surface area contributed by atoms with Gasteiger partial charge in [0.05, 0.1) is 37.0 Å². The van der Waals surface area contributed by atoms with Crippen molar-refractivity contribution < 1.29 is 19.4 Å². The molecule has 5 nitrogen and oxygen atoms in total. The fourth-order valence-corrected chi connectivity index (χ4v) is 2.78. The molecule has 24 heavy (non-hydrogen) atoms. The Bertz CT molecular complexity index is 742. The van der Waals surface area contributed by atoms with E-state index in [-0.39, 0.29) is 31.6 Å². The Morgan fingerprint density at radius 2 is 1.58 bits per heavy atom. The zero-order chi connectivity index (χ0) is 17.1. The zero-order valence-corrected chi connectivity index (χ0v) is 13.6. The molecule has 1 N–H and O–H groups in total. The van der Waals surface area contributed by atoms with Crippen molar-refractivity contribution in [2.24, 2.45) is 0 Å². The Morgan fingerprint density at radius 1 is 1.00 bits per heavy atom. The number of amides is 2. The number of rotatable bonds is 6. The third kappa shape index (κ3) is 3.33. The van der Waals surface area contributed by atoms with Gasteiger partial charge >= 0.3 is 0 Å². The first-order valence-electron chi connectivity index (χ1n) is 7.52. The van der Waals surface area contributed by atoms with E-state index in [4.69, 9.17) is 16.3 Å². The van der Waals surface area contributed by atoms with Crippen molar-refractivity contribution in [2.75, 3.05) is 13.2 Å². The van der Waals surface area contributed by atoms with E-state index < -0.39 is 6.10 Å². The molecule has 2 aromatic carbocycles. The van der Waals surface area contributed by atoms with E-state index in [1.54, 1.807) is 30.3 Å². The van der Waals surface area contributed by atoms with Crippen LogP contribution in [0.3, 0.4) is 0 Å². The predicted molar refractivity (Wildman–Crippen MR) is 88.9 cm³/mol. The van der Waals surface area contributed by atoms with Crippen LogP contribution in [0.4, 0.5) is 0 Å². The highest BCUT2D eigenvalue weighted by Crippen LogP contribution is 2.22. The van der Waals surface area contributed by atoms with Gasteiger partial charge in [-0.25, -0.2) is 0 Å². The predicted octanol–water partition coefficient (Wildman–Crippen LogP) is 2.51. The topological polar surface area (TPSA) is 66.8 Å². The van der Waals surface area contributed by atoms with E-state index in [1.165, 1.54) is 0 Å². The van der Waals surface area contributed by atoms with E-state index in [2.05, 4.69) is 0 Å². The summed E-state index contributed by atoms with van der Waals surface area (Å²) >= 11 is 6.03. The van der Waals surface area contributed by atoms with Gasteiger partial charge < -0.3 is 9.84 Å². The van der Waals surface area contributed by atoms with E-state index in [0.29, 0.717) is 16.1 Å². The smallest absolute Gasteiger partial charge is 0.261 e. The van der Waals surface area contributed by atoms with Crippen LogP contribution in [-0.2, 0) is 11.3 Å². The lowest BCUT2D eigenvalue weighted by Crippen LogP contribution is -2.38. The third-order valence-electron chi connectivity index (χ3n) is 3.80. The van der Waals surface area contributed by atoms with Crippen LogP contribution in [-0.4, -0.2) is 41.1 Å². The van der Waals surface area contributed by atoms with E-state index in [9.17, 15) is 14.7 Å². The number of aliphatic hydroxyl groups is 1. The Labute approximate surface area is 144 Å². The normalized spacial score (nSPS) is 14.8. The summed E-state index contributed by atoms with van der Waals surface area (Å²) in [5.41, 5.74) is 1.55. The first kappa shape index (κ1) is 16.6. The van der Waals surface area contributed by atoms with Gasteiger partial charge in [0.25, 0.3) is 11.8 Å². The molecule has 1 heterocycles. The summed E-state index contributed by atoms with van der Waals surface area (Å²) in [5.74, 6) is -0.776. The van der Waals surface area contributed by atoms with Gasteiger partial charge in [-0.1, -0.05) is 41.9 Å². The lowest BCUT2D eigenvalue weighted by molar-refractivity contribution is 0.0120. The number of imide groups is 1. The SMILES string of the molecule is O=C1c2ccccc2C(=O)N1C[C@@H](O)COCc1ccccc1Cl. The van der Waals surface area contributed by atoms with Crippen LogP contribution >= 0.6 is 11.6 Å². The molecule has 0 saturated carbocycles. The second-order valence-corrected chi connectivity index (χ2v) is 5.93. The number of β-amino-alcohol motifs (C(OH)–C–C–N with tert-alkyl or cyclic N) is 1. The van der Waals surface area contributed by atoms with Crippen molar-refractivity contribution in [1.29, 1.82) is 0 Å². The molecule has 0 radical (unpaired) electrons. The average molecular weight is 346 g/mol. The van der Waals surface area contributed by atoms with Crippen molar-refractivity contribution in [1.82, 2.24) is 4.90 Å². The van der Waals surface area contributed by atoms with Gasteiger partial charge in [-0.2, -0.15) is 0 Å². The molecule has 124 valence electrons. The number of fused-ring (bicyclic) bond motifs is 1. The largest absolute Gasteiger partial charge is 0.389 e. The molecule has 1 aliphatic rings. The highest BCUT2D eigenvalue weighted by molar-refractivity contribution is 6.31. The first-order chi connectivity index (χ1) is 11.6. The molecular weight excluding hydrogens is 330 g/mol. The monoisotopic (exact) mass is 345 g/mol. The maximum atomic E-state index is 12.2. The number of hydrogen-bond donors (Lipinski definition) is 1.